The normalized spacial score (nSPS) is 19.0. The van der Waals surface area contributed by atoms with E-state index in [2.05, 4.69) is 40.4 Å². The highest BCUT2D eigenvalue weighted by atomic mass is 19.4. The third-order valence-corrected chi connectivity index (χ3v) is 8.30. The van der Waals surface area contributed by atoms with Gasteiger partial charge in [-0.25, -0.2) is 4.98 Å². The van der Waals surface area contributed by atoms with Crippen molar-refractivity contribution in [2.24, 2.45) is 0 Å². The van der Waals surface area contributed by atoms with Crippen LogP contribution < -0.4 is 5.73 Å². The van der Waals surface area contributed by atoms with Gasteiger partial charge in [0.05, 0.1) is 23.0 Å². The zero-order valence-electron chi connectivity index (χ0n) is 21.8. The standard InChI is InChI=1S/C29H29F3N6O2/c1-2-25(39)36-11-10-22-26-23(16-36)37(28(40)20-15-34-24(14-21(20)33)29(30,31)32)12-13-38(26)27(35-22)19-8-6-18(7-9-19)17-4-3-5-17/h2,6-9,14-15,17,23H,1,3-5,10-13,16H2,(H2,33,34). The van der Waals surface area contributed by atoms with E-state index in [-0.39, 0.29) is 30.2 Å². The van der Waals surface area contributed by atoms with Gasteiger partial charge in [-0.2, -0.15) is 13.2 Å². The fourth-order valence-corrected chi connectivity index (χ4v) is 5.93. The molecule has 1 aromatic carbocycles. The first-order valence-electron chi connectivity index (χ1n) is 13.4. The van der Waals surface area contributed by atoms with Gasteiger partial charge in [0, 0.05) is 50.0 Å². The third kappa shape index (κ3) is 4.43. The number of imidazole rings is 1. The summed E-state index contributed by atoms with van der Waals surface area (Å²) in [5, 5.41) is 0. The lowest BCUT2D eigenvalue weighted by atomic mass is 9.80. The number of nitrogens with two attached hydrogens (primary N) is 1. The van der Waals surface area contributed by atoms with Crippen molar-refractivity contribution >= 4 is 17.5 Å². The Morgan fingerprint density at radius 2 is 1.85 bits per heavy atom. The first-order chi connectivity index (χ1) is 19.2. The van der Waals surface area contributed by atoms with Gasteiger partial charge < -0.3 is 20.1 Å². The zero-order chi connectivity index (χ0) is 28.2. The fraction of sp³-hybridized carbons (Fsp3) is 0.379. The van der Waals surface area contributed by atoms with Gasteiger partial charge in [-0.05, 0) is 36.5 Å². The second kappa shape index (κ2) is 9.79. The molecule has 1 aliphatic carbocycles. The minimum atomic E-state index is -4.68. The van der Waals surface area contributed by atoms with E-state index in [1.54, 1.807) is 9.80 Å². The molecule has 1 fully saturated rings. The van der Waals surface area contributed by atoms with Crippen molar-refractivity contribution in [1.29, 1.82) is 0 Å². The van der Waals surface area contributed by atoms with Crippen molar-refractivity contribution in [2.75, 3.05) is 25.4 Å². The minimum absolute atomic E-state index is 0.111. The van der Waals surface area contributed by atoms with Crippen LogP contribution in [-0.4, -0.2) is 55.8 Å². The van der Waals surface area contributed by atoms with Crippen LogP contribution in [0, 0.1) is 0 Å². The second-order valence-corrected chi connectivity index (χ2v) is 10.6. The average Bonchev–Trinajstić information content (AvgIpc) is 3.16. The molecular formula is C29H29F3N6O2. The van der Waals surface area contributed by atoms with Gasteiger partial charge >= 0.3 is 6.18 Å². The number of carbonyl (C=O) groups excluding carboxylic acids is 2. The topological polar surface area (TPSA) is 97.4 Å². The fourth-order valence-electron chi connectivity index (χ4n) is 5.93. The zero-order valence-corrected chi connectivity index (χ0v) is 21.8. The van der Waals surface area contributed by atoms with E-state index >= 15 is 0 Å². The van der Waals surface area contributed by atoms with Crippen LogP contribution in [0.4, 0.5) is 18.9 Å². The quantitative estimate of drug-likeness (QED) is 0.480. The van der Waals surface area contributed by atoms with Crippen LogP contribution in [0.5, 0.6) is 0 Å². The molecule has 2 aromatic heterocycles. The van der Waals surface area contributed by atoms with Crippen LogP contribution in [-0.2, 0) is 23.9 Å². The maximum Gasteiger partial charge on any atom is 0.433 e. The van der Waals surface area contributed by atoms with Crippen LogP contribution >= 0.6 is 0 Å². The second-order valence-electron chi connectivity index (χ2n) is 10.6. The summed E-state index contributed by atoms with van der Waals surface area (Å²) in [6.45, 7) is 4.90. The van der Waals surface area contributed by atoms with Crippen LogP contribution in [0.2, 0.25) is 0 Å². The average molecular weight is 551 g/mol. The van der Waals surface area contributed by atoms with Gasteiger partial charge in [0.2, 0.25) is 5.91 Å². The van der Waals surface area contributed by atoms with Crippen molar-refractivity contribution < 1.29 is 22.8 Å². The molecule has 0 spiro atoms. The number of aromatic nitrogens is 3. The lowest BCUT2D eigenvalue weighted by molar-refractivity contribution is -0.141. The Balaban J connectivity index is 1.38. The Morgan fingerprint density at radius 1 is 1.10 bits per heavy atom. The predicted molar refractivity (Wildman–Crippen MR) is 142 cm³/mol. The Bertz CT molecular complexity index is 1490. The molecule has 8 nitrogen and oxygen atoms in total. The number of hydrogen-bond acceptors (Lipinski definition) is 5. The Kier molecular flexibility index (Phi) is 6.39. The van der Waals surface area contributed by atoms with Crippen molar-refractivity contribution in [1.82, 2.24) is 24.3 Å². The first-order valence-corrected chi connectivity index (χ1v) is 13.4. The van der Waals surface area contributed by atoms with Crippen molar-refractivity contribution in [3.63, 3.8) is 0 Å². The van der Waals surface area contributed by atoms with Gasteiger partial charge in [-0.3, -0.25) is 14.6 Å². The number of halogens is 3. The maximum absolute atomic E-state index is 13.7. The summed E-state index contributed by atoms with van der Waals surface area (Å²) < 4.78 is 41.5. The molecule has 2 aliphatic heterocycles. The van der Waals surface area contributed by atoms with E-state index in [0.29, 0.717) is 31.5 Å². The summed E-state index contributed by atoms with van der Waals surface area (Å²) in [5.74, 6) is 0.619. The van der Waals surface area contributed by atoms with Crippen LogP contribution in [0.15, 0.2) is 49.2 Å². The van der Waals surface area contributed by atoms with Crippen LogP contribution in [0.1, 0.15) is 64.2 Å². The Hall–Kier alpha value is -4.15. The van der Waals surface area contributed by atoms with E-state index in [9.17, 15) is 22.8 Å². The molecule has 1 unspecified atom stereocenters. The number of hydrogen-bond donors (Lipinski definition) is 1. The first kappa shape index (κ1) is 26.1. The number of benzene rings is 1. The van der Waals surface area contributed by atoms with E-state index in [4.69, 9.17) is 10.7 Å². The van der Waals surface area contributed by atoms with Gasteiger partial charge in [-0.15, -0.1) is 0 Å². The maximum atomic E-state index is 13.7. The molecule has 0 saturated heterocycles. The lowest BCUT2D eigenvalue weighted by Crippen LogP contribution is -2.47. The summed E-state index contributed by atoms with van der Waals surface area (Å²) in [6, 6.07) is 8.61. The molecule has 2 amide bonds. The number of amides is 2. The molecular weight excluding hydrogens is 521 g/mol. The smallest absolute Gasteiger partial charge is 0.398 e. The molecule has 6 rings (SSSR count). The van der Waals surface area contributed by atoms with Gasteiger partial charge in [-0.1, -0.05) is 37.3 Å². The van der Waals surface area contributed by atoms with Crippen molar-refractivity contribution in [3.8, 4) is 11.4 Å². The van der Waals surface area contributed by atoms with Crippen LogP contribution in [0.25, 0.3) is 11.4 Å². The SMILES string of the molecule is C=CC(=O)N1CCc2nc(-c3ccc(C4CCC4)cc3)n3c2C(C1)N(C(=O)c1cnc(C(F)(F)F)cc1N)CC3. The molecule has 11 heteroatoms. The number of alkyl halides is 3. The summed E-state index contributed by atoms with van der Waals surface area (Å²) in [6.07, 6.45) is 1.63. The van der Waals surface area contributed by atoms with Crippen molar-refractivity contribution in [2.45, 2.75) is 50.4 Å². The minimum Gasteiger partial charge on any atom is -0.398 e. The number of anilines is 1. The lowest BCUT2D eigenvalue weighted by Gasteiger charge is -2.38. The molecule has 40 heavy (non-hydrogen) atoms. The number of nitrogens with zero attached hydrogens (tertiary/aromatic N) is 5. The molecule has 2 N–H and O–H groups in total. The molecule has 3 aliphatic rings. The number of nitrogen functional groups attached to an aromatic ring is 1. The van der Waals surface area contributed by atoms with E-state index in [1.807, 2.05) is 0 Å². The summed E-state index contributed by atoms with van der Waals surface area (Å²) in [7, 11) is 0. The highest BCUT2D eigenvalue weighted by molar-refractivity contribution is 5.99. The molecule has 0 bridgehead atoms. The van der Waals surface area contributed by atoms with Crippen LogP contribution in [0.3, 0.4) is 0 Å². The molecule has 1 saturated carbocycles. The molecule has 0 radical (unpaired) electrons. The van der Waals surface area contributed by atoms with Gasteiger partial charge in [0.15, 0.2) is 0 Å². The highest BCUT2D eigenvalue weighted by Gasteiger charge is 2.40. The van der Waals surface area contributed by atoms with Gasteiger partial charge in [0.25, 0.3) is 5.91 Å². The summed E-state index contributed by atoms with van der Waals surface area (Å²) in [5.41, 5.74) is 8.28. The highest BCUT2D eigenvalue weighted by Crippen LogP contribution is 2.40. The Morgan fingerprint density at radius 3 is 2.48 bits per heavy atom. The largest absolute Gasteiger partial charge is 0.433 e. The van der Waals surface area contributed by atoms with Gasteiger partial charge in [0.1, 0.15) is 11.5 Å². The number of pyridine rings is 1. The van der Waals surface area contributed by atoms with E-state index in [1.165, 1.54) is 30.9 Å². The molecule has 3 aromatic rings. The van der Waals surface area contributed by atoms with E-state index < -0.39 is 23.8 Å². The molecule has 4 heterocycles. The van der Waals surface area contributed by atoms with E-state index in [0.717, 1.165) is 29.0 Å². The Labute approximate surface area is 229 Å². The van der Waals surface area contributed by atoms with Crippen molar-refractivity contribution in [3.05, 3.63) is 77.4 Å². The monoisotopic (exact) mass is 550 g/mol. The molecule has 1 atom stereocenters. The summed E-state index contributed by atoms with van der Waals surface area (Å²) >= 11 is 0. The molecule has 208 valence electrons. The number of carbonyl (C=O) groups is 2. The predicted octanol–water partition coefficient (Wildman–Crippen LogP) is 4.58. The summed E-state index contributed by atoms with van der Waals surface area (Å²) in [4.78, 5) is 38.0. The third-order valence-electron chi connectivity index (χ3n) is 8.30. The number of rotatable bonds is 4.